The Bertz CT molecular complexity index is 571. The molecule has 1 rings (SSSR count). The Morgan fingerprint density at radius 3 is 2.48 bits per heavy atom. The molecule has 8 heteroatoms. The number of halogens is 3. The average molecular weight is 324 g/mol. The molecule has 0 bridgehead atoms. The smallest absolute Gasteiger partial charge is 0.326 e. The Morgan fingerprint density at radius 1 is 1.29 bits per heavy atom. The lowest BCUT2D eigenvalue weighted by atomic mass is 10.1. The third-order valence-electron chi connectivity index (χ3n) is 2.97. The highest BCUT2D eigenvalue weighted by atomic mass is 32.2. The average Bonchev–Trinajstić information content (AvgIpc) is 2.42. The molecule has 0 amide bonds. The van der Waals surface area contributed by atoms with Crippen LogP contribution in [0.3, 0.4) is 0 Å². The van der Waals surface area contributed by atoms with Crippen molar-refractivity contribution in [2.75, 3.05) is 6.54 Å². The molecule has 0 heterocycles. The van der Waals surface area contributed by atoms with Crippen LogP contribution in [0.15, 0.2) is 23.1 Å². The molecule has 3 N–H and O–H groups in total. The van der Waals surface area contributed by atoms with Gasteiger partial charge in [-0.3, -0.25) is 0 Å². The molecule has 0 fully saturated rings. The van der Waals surface area contributed by atoms with Crippen molar-refractivity contribution in [2.24, 2.45) is 5.73 Å². The van der Waals surface area contributed by atoms with Gasteiger partial charge in [0.05, 0.1) is 4.90 Å². The van der Waals surface area contributed by atoms with Gasteiger partial charge >= 0.3 is 6.18 Å². The van der Waals surface area contributed by atoms with Crippen molar-refractivity contribution in [2.45, 2.75) is 43.8 Å². The third kappa shape index (κ3) is 5.64. The van der Waals surface area contributed by atoms with E-state index >= 15 is 0 Å². The van der Waals surface area contributed by atoms with Crippen molar-refractivity contribution in [3.05, 3.63) is 29.3 Å². The van der Waals surface area contributed by atoms with Crippen LogP contribution in [0.2, 0.25) is 0 Å². The molecular formula is C13H19F3N2O2S. The lowest BCUT2D eigenvalue weighted by molar-refractivity contribution is -0.135. The fourth-order valence-corrected chi connectivity index (χ4v) is 3.27. The standard InChI is InChI=1S/C13H19F3N2O2S/c1-2-11-5-4-10(9-17)8-12(11)21(19,20)18-7-3-6-13(14,15)16/h4-5,8,18H,2-3,6-7,9,17H2,1H3. The number of benzene rings is 1. The molecule has 0 saturated heterocycles. The number of nitrogens with two attached hydrogens (primary N) is 1. The topological polar surface area (TPSA) is 72.2 Å². The largest absolute Gasteiger partial charge is 0.389 e. The summed E-state index contributed by atoms with van der Waals surface area (Å²) in [6, 6.07) is 4.87. The Labute approximate surface area is 122 Å². The third-order valence-corrected chi connectivity index (χ3v) is 4.51. The summed E-state index contributed by atoms with van der Waals surface area (Å²) in [7, 11) is -3.83. The minimum absolute atomic E-state index is 0.0833. The number of aryl methyl sites for hydroxylation is 1. The van der Waals surface area contributed by atoms with E-state index in [2.05, 4.69) is 4.72 Å². The van der Waals surface area contributed by atoms with Crippen molar-refractivity contribution in [1.82, 2.24) is 4.72 Å². The number of hydrogen-bond donors (Lipinski definition) is 2. The second-order valence-electron chi connectivity index (χ2n) is 4.62. The Morgan fingerprint density at radius 2 is 1.95 bits per heavy atom. The molecule has 120 valence electrons. The van der Waals surface area contributed by atoms with E-state index in [0.717, 1.165) is 0 Å². The summed E-state index contributed by atoms with van der Waals surface area (Å²) in [5, 5.41) is 0. The minimum atomic E-state index is -4.28. The van der Waals surface area contributed by atoms with Gasteiger partial charge in [0.2, 0.25) is 10.0 Å². The first-order valence-electron chi connectivity index (χ1n) is 6.58. The highest BCUT2D eigenvalue weighted by Gasteiger charge is 2.26. The van der Waals surface area contributed by atoms with E-state index in [1.54, 1.807) is 19.1 Å². The molecular weight excluding hydrogens is 305 g/mol. The van der Waals surface area contributed by atoms with Gasteiger partial charge in [-0.1, -0.05) is 19.1 Å². The van der Waals surface area contributed by atoms with E-state index in [1.165, 1.54) is 6.07 Å². The first-order chi connectivity index (χ1) is 9.69. The van der Waals surface area contributed by atoms with Crippen LogP contribution in [0.25, 0.3) is 0 Å². The highest BCUT2D eigenvalue weighted by Crippen LogP contribution is 2.22. The van der Waals surface area contributed by atoms with E-state index in [4.69, 9.17) is 5.73 Å². The van der Waals surface area contributed by atoms with Crippen LogP contribution in [-0.2, 0) is 23.0 Å². The SMILES string of the molecule is CCc1ccc(CN)cc1S(=O)(=O)NCCCC(F)(F)F. The maximum atomic E-state index is 12.2. The van der Waals surface area contributed by atoms with Crippen LogP contribution in [0.1, 0.15) is 30.9 Å². The normalized spacial score (nSPS) is 12.6. The second-order valence-corrected chi connectivity index (χ2v) is 6.35. The maximum Gasteiger partial charge on any atom is 0.389 e. The highest BCUT2D eigenvalue weighted by molar-refractivity contribution is 7.89. The number of alkyl halides is 3. The molecule has 1 aromatic carbocycles. The molecule has 0 aliphatic heterocycles. The van der Waals surface area contributed by atoms with Crippen LogP contribution in [-0.4, -0.2) is 21.1 Å². The Balaban J connectivity index is 2.82. The monoisotopic (exact) mass is 324 g/mol. The van der Waals surface area contributed by atoms with Crippen LogP contribution < -0.4 is 10.5 Å². The summed E-state index contributed by atoms with van der Waals surface area (Å²) in [4.78, 5) is 0.0833. The van der Waals surface area contributed by atoms with Crippen LogP contribution >= 0.6 is 0 Å². The van der Waals surface area contributed by atoms with E-state index < -0.39 is 22.6 Å². The molecule has 0 unspecified atom stereocenters. The number of rotatable bonds is 7. The summed E-state index contributed by atoms with van der Waals surface area (Å²) < 4.78 is 62.6. The quantitative estimate of drug-likeness (QED) is 0.756. The van der Waals surface area contributed by atoms with E-state index in [0.29, 0.717) is 17.5 Å². The molecule has 4 nitrogen and oxygen atoms in total. The first-order valence-corrected chi connectivity index (χ1v) is 8.06. The van der Waals surface area contributed by atoms with Gasteiger partial charge in [0.25, 0.3) is 0 Å². The van der Waals surface area contributed by atoms with Crippen molar-refractivity contribution < 1.29 is 21.6 Å². The van der Waals surface area contributed by atoms with Crippen molar-refractivity contribution >= 4 is 10.0 Å². The van der Waals surface area contributed by atoms with E-state index in [1.807, 2.05) is 0 Å². The maximum absolute atomic E-state index is 12.2. The number of hydrogen-bond acceptors (Lipinski definition) is 3. The zero-order valence-corrected chi connectivity index (χ0v) is 12.5. The summed E-state index contributed by atoms with van der Waals surface area (Å²) in [6.07, 6.45) is -5.08. The predicted molar refractivity (Wildman–Crippen MR) is 74.2 cm³/mol. The second kappa shape index (κ2) is 7.24. The first kappa shape index (κ1) is 17.9. The van der Waals surface area contributed by atoms with Gasteiger partial charge in [-0.15, -0.1) is 0 Å². The molecule has 0 radical (unpaired) electrons. The number of sulfonamides is 1. The minimum Gasteiger partial charge on any atom is -0.326 e. The van der Waals surface area contributed by atoms with Crippen molar-refractivity contribution in [1.29, 1.82) is 0 Å². The fraction of sp³-hybridized carbons (Fsp3) is 0.538. The van der Waals surface area contributed by atoms with Gasteiger partial charge in [-0.05, 0) is 30.0 Å². The summed E-state index contributed by atoms with van der Waals surface area (Å²) in [5.41, 5.74) is 6.75. The fourth-order valence-electron chi connectivity index (χ4n) is 1.84. The molecule has 0 atom stereocenters. The Hall–Kier alpha value is -1.12. The lowest BCUT2D eigenvalue weighted by Gasteiger charge is -2.12. The zero-order valence-electron chi connectivity index (χ0n) is 11.7. The zero-order chi connectivity index (χ0) is 16.1. The summed E-state index contributed by atoms with van der Waals surface area (Å²) in [6.45, 7) is 1.75. The molecule has 1 aromatic rings. The number of nitrogens with one attached hydrogen (secondary N) is 1. The van der Waals surface area contributed by atoms with Crippen LogP contribution in [0.5, 0.6) is 0 Å². The van der Waals surface area contributed by atoms with Gasteiger partial charge in [-0.2, -0.15) is 13.2 Å². The summed E-state index contributed by atoms with van der Waals surface area (Å²) in [5.74, 6) is 0. The van der Waals surface area contributed by atoms with E-state index in [-0.39, 0.29) is 24.4 Å². The van der Waals surface area contributed by atoms with E-state index in [9.17, 15) is 21.6 Å². The predicted octanol–water partition coefficient (Wildman–Crippen LogP) is 2.33. The van der Waals surface area contributed by atoms with Crippen molar-refractivity contribution in [3.63, 3.8) is 0 Å². The van der Waals surface area contributed by atoms with Gasteiger partial charge in [0.15, 0.2) is 0 Å². The molecule has 21 heavy (non-hydrogen) atoms. The lowest BCUT2D eigenvalue weighted by Crippen LogP contribution is -2.27. The molecule has 0 saturated carbocycles. The summed E-state index contributed by atoms with van der Waals surface area (Å²) >= 11 is 0. The molecule has 0 aliphatic carbocycles. The van der Waals surface area contributed by atoms with Crippen LogP contribution in [0.4, 0.5) is 13.2 Å². The molecule has 0 spiro atoms. The Kier molecular flexibility index (Phi) is 6.18. The van der Waals surface area contributed by atoms with Gasteiger partial charge in [0, 0.05) is 19.5 Å². The van der Waals surface area contributed by atoms with Gasteiger partial charge < -0.3 is 5.73 Å². The molecule has 0 aliphatic rings. The van der Waals surface area contributed by atoms with Crippen LogP contribution in [0, 0.1) is 0 Å². The van der Waals surface area contributed by atoms with Gasteiger partial charge in [-0.25, -0.2) is 13.1 Å². The molecule has 0 aromatic heterocycles. The van der Waals surface area contributed by atoms with Crippen molar-refractivity contribution in [3.8, 4) is 0 Å². The van der Waals surface area contributed by atoms with Gasteiger partial charge in [0.1, 0.15) is 0 Å².